The number of aryl methyl sites for hydroxylation is 1. The number of hydrogen-bond acceptors (Lipinski definition) is 5. The molecule has 0 aliphatic heterocycles. The summed E-state index contributed by atoms with van der Waals surface area (Å²) < 4.78 is 10.4. The predicted octanol–water partition coefficient (Wildman–Crippen LogP) is 1.19. The number of nitrogens with zero attached hydrogens (tertiary/aromatic N) is 1. The highest BCUT2D eigenvalue weighted by Gasteiger charge is 2.13. The lowest BCUT2D eigenvalue weighted by atomic mass is 10.2. The summed E-state index contributed by atoms with van der Waals surface area (Å²) in [4.78, 5) is 16.0. The van der Waals surface area contributed by atoms with E-state index in [1.807, 2.05) is 25.1 Å². The Morgan fingerprint density at radius 3 is 2.95 bits per heavy atom. The maximum absolute atomic E-state index is 11.6. The van der Waals surface area contributed by atoms with Gasteiger partial charge >= 0.3 is 0 Å². The number of halogens is 1. The van der Waals surface area contributed by atoms with Crippen LogP contribution in [0.5, 0.6) is 0 Å². The van der Waals surface area contributed by atoms with Gasteiger partial charge in [0.15, 0.2) is 11.5 Å². The number of hydrogen-bond donors (Lipinski definition) is 2. The van der Waals surface area contributed by atoms with Crippen LogP contribution in [-0.2, 0) is 16.0 Å². The maximum atomic E-state index is 11.6. The highest BCUT2D eigenvalue weighted by molar-refractivity contribution is 5.85. The molecular weight excluding hydrogens is 294 g/mol. The summed E-state index contributed by atoms with van der Waals surface area (Å²) in [6.07, 6.45) is 0.527. The normalized spacial score (nSPS) is 12.0. The topological polar surface area (TPSA) is 90.4 Å². The van der Waals surface area contributed by atoms with Crippen molar-refractivity contribution < 1.29 is 13.9 Å². The number of carbonyl (C=O) groups is 1. The van der Waals surface area contributed by atoms with Crippen LogP contribution in [0.1, 0.15) is 11.5 Å². The van der Waals surface area contributed by atoms with Gasteiger partial charge in [-0.15, -0.1) is 12.4 Å². The second-order valence-electron chi connectivity index (χ2n) is 4.63. The monoisotopic (exact) mass is 313 g/mol. The number of para-hydroxylation sites is 1. The van der Waals surface area contributed by atoms with E-state index in [1.165, 1.54) is 7.11 Å². The Morgan fingerprint density at radius 2 is 2.29 bits per heavy atom. The van der Waals surface area contributed by atoms with Crippen molar-refractivity contribution in [2.45, 2.75) is 19.4 Å². The molecule has 0 bridgehead atoms. The van der Waals surface area contributed by atoms with Crippen LogP contribution in [0.25, 0.3) is 11.1 Å². The van der Waals surface area contributed by atoms with Crippen molar-refractivity contribution in [2.24, 2.45) is 5.73 Å². The Labute approximate surface area is 129 Å². The lowest BCUT2D eigenvalue weighted by Gasteiger charge is -2.10. The molecule has 1 unspecified atom stereocenters. The van der Waals surface area contributed by atoms with Crippen LogP contribution in [0.15, 0.2) is 22.6 Å². The first-order valence-corrected chi connectivity index (χ1v) is 6.49. The van der Waals surface area contributed by atoms with E-state index in [1.54, 1.807) is 0 Å². The molecular formula is C14H20ClN3O3. The van der Waals surface area contributed by atoms with Crippen LogP contribution in [0.2, 0.25) is 0 Å². The molecule has 116 valence electrons. The van der Waals surface area contributed by atoms with Gasteiger partial charge in [0.25, 0.3) is 0 Å². The molecule has 1 amide bonds. The van der Waals surface area contributed by atoms with Gasteiger partial charge in [0.1, 0.15) is 11.6 Å². The molecule has 3 N–H and O–H groups in total. The highest BCUT2D eigenvalue weighted by atomic mass is 35.5. The molecule has 1 atom stereocenters. The third kappa shape index (κ3) is 4.42. The number of ether oxygens (including phenoxy) is 1. The van der Waals surface area contributed by atoms with Gasteiger partial charge < -0.3 is 20.2 Å². The van der Waals surface area contributed by atoms with Crippen LogP contribution in [0, 0.1) is 6.92 Å². The van der Waals surface area contributed by atoms with Crippen LogP contribution in [0.3, 0.4) is 0 Å². The molecule has 0 aliphatic rings. The van der Waals surface area contributed by atoms with E-state index in [2.05, 4.69) is 10.3 Å². The summed E-state index contributed by atoms with van der Waals surface area (Å²) in [5.41, 5.74) is 8.32. The molecule has 0 spiro atoms. The third-order valence-electron chi connectivity index (χ3n) is 2.99. The van der Waals surface area contributed by atoms with Gasteiger partial charge in [-0.25, -0.2) is 4.98 Å². The average molecular weight is 314 g/mol. The molecule has 21 heavy (non-hydrogen) atoms. The standard InChI is InChI=1S/C14H19N3O3.ClH/c1-9-4-3-5-11-13(9)17-12(20-11)6-7-16-14(18)10(15)8-19-2;/h3-5,10H,6-8,15H2,1-2H3,(H,16,18);1H. The van der Waals surface area contributed by atoms with Gasteiger partial charge in [0.2, 0.25) is 5.91 Å². The maximum Gasteiger partial charge on any atom is 0.239 e. The predicted molar refractivity (Wildman–Crippen MR) is 82.6 cm³/mol. The number of benzene rings is 1. The number of oxazole rings is 1. The van der Waals surface area contributed by atoms with Crippen molar-refractivity contribution >= 4 is 29.4 Å². The Bertz CT molecular complexity index is 600. The number of aromatic nitrogens is 1. The highest BCUT2D eigenvalue weighted by Crippen LogP contribution is 2.18. The summed E-state index contributed by atoms with van der Waals surface area (Å²) >= 11 is 0. The van der Waals surface area contributed by atoms with Crippen LogP contribution in [-0.4, -0.2) is 37.2 Å². The van der Waals surface area contributed by atoms with E-state index in [-0.39, 0.29) is 24.9 Å². The smallest absolute Gasteiger partial charge is 0.239 e. The van der Waals surface area contributed by atoms with Gasteiger partial charge in [0, 0.05) is 20.1 Å². The Kier molecular flexibility index (Phi) is 6.61. The summed E-state index contributed by atoms with van der Waals surface area (Å²) in [6.45, 7) is 2.62. The minimum atomic E-state index is -0.647. The summed E-state index contributed by atoms with van der Waals surface area (Å²) in [5, 5.41) is 2.73. The number of methoxy groups -OCH3 is 1. The summed E-state index contributed by atoms with van der Waals surface area (Å²) in [7, 11) is 1.51. The zero-order valence-electron chi connectivity index (χ0n) is 12.1. The molecule has 0 saturated heterocycles. The van der Waals surface area contributed by atoms with Crippen molar-refractivity contribution in [3.63, 3.8) is 0 Å². The number of nitrogens with two attached hydrogens (primary N) is 1. The molecule has 7 heteroatoms. The molecule has 0 saturated carbocycles. The number of amides is 1. The van der Waals surface area contributed by atoms with Crippen molar-refractivity contribution in [2.75, 3.05) is 20.3 Å². The zero-order chi connectivity index (χ0) is 14.5. The SMILES string of the molecule is COCC(N)C(=O)NCCc1nc2c(C)cccc2o1.Cl. The molecule has 0 aliphatic carbocycles. The fourth-order valence-electron chi connectivity index (χ4n) is 1.92. The quantitative estimate of drug-likeness (QED) is 0.836. The first-order valence-electron chi connectivity index (χ1n) is 6.49. The van der Waals surface area contributed by atoms with Gasteiger partial charge in [0.05, 0.1) is 6.61 Å². The molecule has 1 aromatic heterocycles. The average Bonchev–Trinajstić information content (AvgIpc) is 2.83. The van der Waals surface area contributed by atoms with Crippen molar-refractivity contribution in [1.82, 2.24) is 10.3 Å². The van der Waals surface area contributed by atoms with Gasteiger partial charge in [-0.3, -0.25) is 4.79 Å². The summed E-state index contributed by atoms with van der Waals surface area (Å²) in [5.74, 6) is 0.369. The van der Waals surface area contributed by atoms with Crippen molar-refractivity contribution in [1.29, 1.82) is 0 Å². The van der Waals surface area contributed by atoms with Gasteiger partial charge in [-0.2, -0.15) is 0 Å². The van der Waals surface area contributed by atoms with E-state index in [0.29, 0.717) is 18.9 Å². The molecule has 1 aromatic carbocycles. The lowest BCUT2D eigenvalue weighted by Crippen LogP contribution is -2.44. The first-order chi connectivity index (χ1) is 9.61. The van der Waals surface area contributed by atoms with E-state index < -0.39 is 6.04 Å². The van der Waals surface area contributed by atoms with E-state index in [9.17, 15) is 4.79 Å². The molecule has 6 nitrogen and oxygen atoms in total. The molecule has 2 aromatic rings. The molecule has 0 fully saturated rings. The Morgan fingerprint density at radius 1 is 1.52 bits per heavy atom. The van der Waals surface area contributed by atoms with Crippen LogP contribution >= 0.6 is 12.4 Å². The Hall–Kier alpha value is -1.63. The number of nitrogens with one attached hydrogen (secondary N) is 1. The van der Waals surface area contributed by atoms with Gasteiger partial charge in [-0.1, -0.05) is 12.1 Å². The van der Waals surface area contributed by atoms with Crippen LogP contribution < -0.4 is 11.1 Å². The van der Waals surface area contributed by atoms with Crippen molar-refractivity contribution in [3.05, 3.63) is 29.7 Å². The van der Waals surface area contributed by atoms with E-state index in [0.717, 1.165) is 16.7 Å². The van der Waals surface area contributed by atoms with Gasteiger partial charge in [-0.05, 0) is 18.6 Å². The largest absolute Gasteiger partial charge is 0.441 e. The molecule has 1 heterocycles. The van der Waals surface area contributed by atoms with Crippen LogP contribution in [0.4, 0.5) is 0 Å². The second kappa shape index (κ2) is 7.97. The van der Waals surface area contributed by atoms with E-state index >= 15 is 0 Å². The fraction of sp³-hybridized carbons (Fsp3) is 0.429. The second-order valence-corrected chi connectivity index (χ2v) is 4.63. The number of rotatable bonds is 6. The first kappa shape index (κ1) is 17.4. The van der Waals surface area contributed by atoms with Crippen molar-refractivity contribution in [3.8, 4) is 0 Å². The Balaban J connectivity index is 0.00000220. The third-order valence-corrected chi connectivity index (χ3v) is 2.99. The minimum absolute atomic E-state index is 0. The lowest BCUT2D eigenvalue weighted by molar-refractivity contribution is -0.123. The fourth-order valence-corrected chi connectivity index (χ4v) is 1.92. The minimum Gasteiger partial charge on any atom is -0.441 e. The molecule has 0 radical (unpaired) electrons. The van der Waals surface area contributed by atoms with E-state index in [4.69, 9.17) is 14.9 Å². The zero-order valence-corrected chi connectivity index (χ0v) is 12.9. The number of fused-ring (bicyclic) bond motifs is 1. The summed E-state index contributed by atoms with van der Waals surface area (Å²) in [6, 6.07) is 5.15. The number of carbonyl (C=O) groups excluding carboxylic acids is 1. The molecule has 2 rings (SSSR count).